The third-order valence-corrected chi connectivity index (χ3v) is 8.94. The first-order chi connectivity index (χ1) is 28.0. The average Bonchev–Trinajstić information content (AvgIpc) is 3.21. The van der Waals surface area contributed by atoms with Crippen molar-refractivity contribution in [1.82, 2.24) is 0 Å². The Balaban J connectivity index is 4.51. The third kappa shape index (κ3) is 43.0. The molecule has 0 N–H and O–H groups in total. The van der Waals surface area contributed by atoms with Gasteiger partial charge in [0.1, 0.15) is 13.2 Å². The SMILES string of the molecule is CC/C=C/C=C/C=C/CCCCCCCC(=O)OCC(COC(=O)CCCCCCC/C=C/C=C/C=C/CC)OC(=O)CCCCCCC/C=C/C=C/C=C/CC. The normalized spacial score (nSPS) is 12.6. The Morgan fingerprint density at radius 1 is 0.351 bits per heavy atom. The zero-order chi connectivity index (χ0) is 41.5. The van der Waals surface area contributed by atoms with Crippen molar-refractivity contribution in [3.63, 3.8) is 0 Å². The van der Waals surface area contributed by atoms with Gasteiger partial charge in [0.2, 0.25) is 0 Å². The minimum atomic E-state index is -0.806. The molecule has 0 fully saturated rings. The van der Waals surface area contributed by atoms with Crippen molar-refractivity contribution in [3.8, 4) is 0 Å². The van der Waals surface area contributed by atoms with Crippen LogP contribution < -0.4 is 0 Å². The first-order valence-electron chi connectivity index (χ1n) is 22.5. The molecule has 0 heterocycles. The van der Waals surface area contributed by atoms with E-state index < -0.39 is 6.10 Å². The molecule has 0 aliphatic rings. The number of ether oxygens (including phenoxy) is 3. The first-order valence-corrected chi connectivity index (χ1v) is 22.5. The molecule has 0 unspecified atom stereocenters. The lowest BCUT2D eigenvalue weighted by molar-refractivity contribution is -0.167. The van der Waals surface area contributed by atoms with E-state index in [-0.39, 0.29) is 31.1 Å². The summed E-state index contributed by atoms with van der Waals surface area (Å²) in [5.41, 5.74) is 0. The first kappa shape index (κ1) is 53.1. The number of hydrogen-bond acceptors (Lipinski definition) is 6. The van der Waals surface area contributed by atoms with Gasteiger partial charge in [-0.1, -0.05) is 188 Å². The quantitative estimate of drug-likeness (QED) is 0.0268. The molecular formula is C51H80O6. The molecule has 0 spiro atoms. The van der Waals surface area contributed by atoms with Crippen molar-refractivity contribution in [2.24, 2.45) is 0 Å². The zero-order valence-electron chi connectivity index (χ0n) is 36.3. The summed E-state index contributed by atoms with van der Waals surface area (Å²) in [6.07, 6.45) is 59.2. The van der Waals surface area contributed by atoms with Crippen molar-refractivity contribution in [2.75, 3.05) is 13.2 Å². The summed E-state index contributed by atoms with van der Waals surface area (Å²) < 4.78 is 16.7. The smallest absolute Gasteiger partial charge is 0.306 e. The number of rotatable bonds is 38. The fraction of sp³-hybridized carbons (Fsp3) is 0.588. The minimum Gasteiger partial charge on any atom is -0.462 e. The Hall–Kier alpha value is -3.93. The molecule has 0 rings (SSSR count). The van der Waals surface area contributed by atoms with E-state index in [1.807, 2.05) is 18.2 Å². The van der Waals surface area contributed by atoms with Crippen LogP contribution in [0, 0.1) is 0 Å². The van der Waals surface area contributed by atoms with Gasteiger partial charge in [0.05, 0.1) is 0 Å². The topological polar surface area (TPSA) is 78.9 Å². The zero-order valence-corrected chi connectivity index (χ0v) is 36.3. The second-order valence-electron chi connectivity index (χ2n) is 14.3. The van der Waals surface area contributed by atoms with E-state index in [0.717, 1.165) is 135 Å². The van der Waals surface area contributed by atoms with E-state index in [0.29, 0.717) is 19.3 Å². The summed E-state index contributed by atoms with van der Waals surface area (Å²) in [6.45, 7) is 6.15. The van der Waals surface area contributed by atoms with Crippen LogP contribution in [0.3, 0.4) is 0 Å². The molecule has 57 heavy (non-hydrogen) atoms. The van der Waals surface area contributed by atoms with Crippen LogP contribution in [0.4, 0.5) is 0 Å². The Labute approximate surface area is 349 Å². The van der Waals surface area contributed by atoms with Crippen molar-refractivity contribution in [2.45, 2.75) is 181 Å². The molecule has 320 valence electrons. The Kier molecular flexibility index (Phi) is 41.7. The monoisotopic (exact) mass is 789 g/mol. The number of allylic oxidation sites excluding steroid dienone is 18. The van der Waals surface area contributed by atoms with E-state index in [4.69, 9.17) is 14.2 Å². The molecule has 0 radical (unpaired) electrons. The van der Waals surface area contributed by atoms with Gasteiger partial charge in [-0.3, -0.25) is 14.4 Å². The number of hydrogen-bond donors (Lipinski definition) is 0. The maximum Gasteiger partial charge on any atom is 0.306 e. The highest BCUT2D eigenvalue weighted by atomic mass is 16.6. The predicted octanol–water partition coefficient (Wildman–Crippen LogP) is 14.4. The largest absolute Gasteiger partial charge is 0.462 e. The maximum absolute atomic E-state index is 12.7. The van der Waals surface area contributed by atoms with E-state index in [1.165, 1.54) is 0 Å². The van der Waals surface area contributed by atoms with Crippen molar-refractivity contribution in [1.29, 1.82) is 0 Å². The van der Waals surface area contributed by atoms with Crippen LogP contribution in [0.5, 0.6) is 0 Å². The molecule has 0 aromatic rings. The molecule has 0 aromatic carbocycles. The van der Waals surface area contributed by atoms with Crippen LogP contribution in [-0.4, -0.2) is 37.2 Å². The molecule has 0 saturated heterocycles. The second-order valence-corrected chi connectivity index (χ2v) is 14.3. The van der Waals surface area contributed by atoms with Crippen molar-refractivity contribution in [3.05, 3.63) is 109 Å². The molecule has 6 heteroatoms. The highest BCUT2D eigenvalue weighted by Gasteiger charge is 2.19. The number of esters is 3. The van der Waals surface area contributed by atoms with E-state index in [2.05, 4.69) is 112 Å². The molecule has 0 amide bonds. The fourth-order valence-corrected chi connectivity index (χ4v) is 5.62. The average molecular weight is 789 g/mol. The molecule has 0 aliphatic heterocycles. The number of carbonyl (C=O) groups is 3. The van der Waals surface area contributed by atoms with Gasteiger partial charge < -0.3 is 14.2 Å². The third-order valence-electron chi connectivity index (χ3n) is 8.94. The van der Waals surface area contributed by atoms with Gasteiger partial charge in [-0.05, 0) is 77.0 Å². The highest BCUT2D eigenvalue weighted by molar-refractivity contribution is 5.71. The second kappa shape index (κ2) is 44.8. The predicted molar refractivity (Wildman–Crippen MR) is 242 cm³/mol. The standard InChI is InChI=1S/C51H80O6/c1-4-7-10-13-16-19-22-25-28-31-34-37-40-43-49(52)55-46-48(57-51(54)45-42-39-36-33-30-27-24-21-18-15-12-9-6-3)47-56-50(53)44-41-38-35-32-29-26-23-20-17-14-11-8-5-2/h7-24,48H,4-6,25-47H2,1-3H3/b10-7+,11-8+,12-9+,16-13+,17-14+,18-15+,22-19+,23-20+,24-21+. The van der Waals surface area contributed by atoms with Gasteiger partial charge in [0.15, 0.2) is 6.10 Å². The van der Waals surface area contributed by atoms with Crippen LogP contribution in [0.1, 0.15) is 175 Å². The van der Waals surface area contributed by atoms with Gasteiger partial charge in [0, 0.05) is 19.3 Å². The number of unbranched alkanes of at least 4 members (excludes halogenated alkanes) is 15. The molecule has 0 aliphatic carbocycles. The van der Waals surface area contributed by atoms with Crippen molar-refractivity contribution >= 4 is 17.9 Å². The van der Waals surface area contributed by atoms with E-state index >= 15 is 0 Å². The van der Waals surface area contributed by atoms with Crippen LogP contribution in [0.2, 0.25) is 0 Å². The van der Waals surface area contributed by atoms with Gasteiger partial charge in [-0.25, -0.2) is 0 Å². The molecule has 0 bridgehead atoms. The van der Waals surface area contributed by atoms with E-state index in [1.54, 1.807) is 0 Å². The molecule has 0 aromatic heterocycles. The lowest BCUT2D eigenvalue weighted by Gasteiger charge is -2.18. The summed E-state index contributed by atoms with van der Waals surface area (Å²) in [5.74, 6) is -0.980. The number of carbonyl (C=O) groups excluding carboxylic acids is 3. The summed E-state index contributed by atoms with van der Waals surface area (Å²) in [4.78, 5) is 37.8. The van der Waals surface area contributed by atoms with Crippen LogP contribution in [0.25, 0.3) is 0 Å². The maximum atomic E-state index is 12.7. The Morgan fingerprint density at radius 2 is 0.632 bits per heavy atom. The highest BCUT2D eigenvalue weighted by Crippen LogP contribution is 2.12. The van der Waals surface area contributed by atoms with Crippen LogP contribution in [0.15, 0.2) is 109 Å². The van der Waals surface area contributed by atoms with Gasteiger partial charge in [-0.2, -0.15) is 0 Å². The lowest BCUT2D eigenvalue weighted by atomic mass is 10.1. The summed E-state index contributed by atoms with van der Waals surface area (Å²) in [6, 6.07) is 0. The Morgan fingerprint density at radius 3 is 0.965 bits per heavy atom. The molecule has 0 atom stereocenters. The van der Waals surface area contributed by atoms with Gasteiger partial charge in [-0.15, -0.1) is 0 Å². The summed E-state index contributed by atoms with van der Waals surface area (Å²) >= 11 is 0. The van der Waals surface area contributed by atoms with Crippen molar-refractivity contribution < 1.29 is 28.6 Å². The summed E-state index contributed by atoms with van der Waals surface area (Å²) in [5, 5.41) is 0. The van der Waals surface area contributed by atoms with Crippen LogP contribution >= 0.6 is 0 Å². The summed E-state index contributed by atoms with van der Waals surface area (Å²) in [7, 11) is 0. The lowest BCUT2D eigenvalue weighted by Crippen LogP contribution is -2.30. The molecular weight excluding hydrogens is 709 g/mol. The molecule has 0 saturated carbocycles. The van der Waals surface area contributed by atoms with Gasteiger partial charge >= 0.3 is 17.9 Å². The minimum absolute atomic E-state index is 0.107. The Bertz CT molecular complexity index is 1160. The molecule has 6 nitrogen and oxygen atoms in total. The van der Waals surface area contributed by atoms with Crippen LogP contribution in [-0.2, 0) is 28.6 Å². The fourth-order valence-electron chi connectivity index (χ4n) is 5.62. The van der Waals surface area contributed by atoms with Gasteiger partial charge in [0.25, 0.3) is 0 Å². The van der Waals surface area contributed by atoms with E-state index in [9.17, 15) is 14.4 Å².